The highest BCUT2D eigenvalue weighted by Gasteiger charge is 2.27. The third-order valence-electron chi connectivity index (χ3n) is 3.11. The summed E-state index contributed by atoms with van der Waals surface area (Å²) in [6, 6.07) is 8.18. The van der Waals surface area contributed by atoms with Gasteiger partial charge in [0.05, 0.1) is 6.04 Å². The molecule has 3 heteroatoms. The van der Waals surface area contributed by atoms with Gasteiger partial charge in [0.25, 0.3) is 0 Å². The first-order chi connectivity index (χ1) is 7.83. The minimum absolute atomic E-state index is 0.00806. The lowest BCUT2D eigenvalue weighted by Crippen LogP contribution is -2.11. The summed E-state index contributed by atoms with van der Waals surface area (Å²) >= 11 is 1.95. The molecule has 0 saturated carbocycles. The molecule has 84 valence electrons. The molecule has 2 atom stereocenters. The highest BCUT2D eigenvalue weighted by atomic mass is 32.2. The Morgan fingerprint density at radius 3 is 2.94 bits per heavy atom. The summed E-state index contributed by atoms with van der Waals surface area (Å²) in [4.78, 5) is 14.6. The number of aryl methyl sites for hydroxylation is 1. The molecule has 0 aromatic heterocycles. The fourth-order valence-electron chi connectivity index (χ4n) is 2.21. The molecule has 0 aliphatic carbocycles. The van der Waals surface area contributed by atoms with Crippen LogP contribution in [-0.4, -0.2) is 17.6 Å². The van der Waals surface area contributed by atoms with Gasteiger partial charge in [-0.25, -0.2) is 4.79 Å². The van der Waals surface area contributed by atoms with Crippen LogP contribution in [0.25, 0.3) is 0 Å². The molecule has 1 aromatic carbocycles. The predicted molar refractivity (Wildman–Crippen MR) is 67.5 cm³/mol. The summed E-state index contributed by atoms with van der Waals surface area (Å²) in [6.45, 7) is 2.07. The van der Waals surface area contributed by atoms with Crippen LogP contribution in [0.3, 0.4) is 0 Å². The topological polar surface area (TPSA) is 29.4 Å². The molecule has 1 aliphatic rings. The van der Waals surface area contributed by atoms with E-state index in [1.54, 1.807) is 6.08 Å². The number of rotatable bonds is 3. The first-order valence-electron chi connectivity index (χ1n) is 5.53. The molecule has 2 rings (SSSR count). The Kier molecular flexibility index (Phi) is 3.81. The highest BCUT2D eigenvalue weighted by Crippen LogP contribution is 2.37. The summed E-state index contributed by atoms with van der Waals surface area (Å²) in [6.07, 6.45) is 2.88. The number of thioether (sulfide) groups is 1. The zero-order chi connectivity index (χ0) is 11.4. The van der Waals surface area contributed by atoms with Gasteiger partial charge in [-0.2, -0.15) is 16.8 Å². The molecule has 2 unspecified atom stereocenters. The van der Waals surface area contributed by atoms with Crippen LogP contribution in [0, 0.1) is 12.8 Å². The normalized spacial score (nSPS) is 21.4. The fourth-order valence-corrected chi connectivity index (χ4v) is 3.49. The summed E-state index contributed by atoms with van der Waals surface area (Å²) in [5, 5.41) is 0. The molecule has 0 bridgehead atoms. The van der Waals surface area contributed by atoms with E-state index >= 15 is 0 Å². The molecule has 1 saturated heterocycles. The second kappa shape index (κ2) is 5.33. The van der Waals surface area contributed by atoms with E-state index < -0.39 is 0 Å². The molecule has 0 N–H and O–H groups in total. The van der Waals surface area contributed by atoms with Crippen LogP contribution in [0.2, 0.25) is 0 Å². The Bertz CT molecular complexity index is 406. The number of carbonyl (C=O) groups excluding carboxylic acids is 1. The minimum atomic E-state index is 0.00806. The zero-order valence-corrected chi connectivity index (χ0v) is 10.2. The molecule has 0 spiro atoms. The van der Waals surface area contributed by atoms with Crippen molar-refractivity contribution < 1.29 is 4.79 Å². The van der Waals surface area contributed by atoms with E-state index in [1.807, 2.05) is 23.9 Å². The van der Waals surface area contributed by atoms with Crippen molar-refractivity contribution in [3.05, 3.63) is 35.4 Å². The van der Waals surface area contributed by atoms with Crippen molar-refractivity contribution in [1.29, 1.82) is 0 Å². The van der Waals surface area contributed by atoms with E-state index in [4.69, 9.17) is 0 Å². The Balaban J connectivity index is 2.31. The molecule has 0 amide bonds. The van der Waals surface area contributed by atoms with Gasteiger partial charge in [-0.15, -0.1) is 0 Å². The van der Waals surface area contributed by atoms with E-state index in [-0.39, 0.29) is 6.04 Å². The number of hydrogen-bond acceptors (Lipinski definition) is 3. The zero-order valence-electron chi connectivity index (χ0n) is 9.35. The summed E-state index contributed by atoms with van der Waals surface area (Å²) in [5.41, 5.74) is 2.39. The second-order valence-electron chi connectivity index (χ2n) is 4.15. The van der Waals surface area contributed by atoms with Crippen LogP contribution in [0.5, 0.6) is 0 Å². The molecule has 1 aromatic rings. The van der Waals surface area contributed by atoms with Crippen molar-refractivity contribution in [2.24, 2.45) is 10.9 Å². The Morgan fingerprint density at radius 1 is 1.50 bits per heavy atom. The van der Waals surface area contributed by atoms with Gasteiger partial charge in [0, 0.05) is 0 Å². The Hall–Kier alpha value is -1.05. The standard InChI is InChI=1S/C13H15NOS/c1-10-4-2-3-5-12(10)13(14-9-15)11-6-7-16-8-11/h2-5,11,13H,6-8H2,1H3. The highest BCUT2D eigenvalue weighted by molar-refractivity contribution is 7.99. The van der Waals surface area contributed by atoms with Gasteiger partial charge in [-0.05, 0) is 41.9 Å². The Morgan fingerprint density at radius 2 is 2.31 bits per heavy atom. The summed E-state index contributed by atoms with van der Waals surface area (Å²) in [5.74, 6) is 2.78. The van der Waals surface area contributed by atoms with Gasteiger partial charge >= 0.3 is 0 Å². The third kappa shape index (κ3) is 2.37. The lowest BCUT2D eigenvalue weighted by Gasteiger charge is -2.19. The van der Waals surface area contributed by atoms with Crippen LogP contribution in [0.1, 0.15) is 23.6 Å². The average Bonchev–Trinajstić information content (AvgIpc) is 2.80. The molecule has 1 fully saturated rings. The lowest BCUT2D eigenvalue weighted by atomic mass is 9.90. The van der Waals surface area contributed by atoms with Gasteiger partial charge < -0.3 is 0 Å². The SMILES string of the molecule is Cc1ccccc1C(N=C=O)C1CCSC1. The fraction of sp³-hybridized carbons (Fsp3) is 0.462. The van der Waals surface area contributed by atoms with Crippen molar-refractivity contribution >= 4 is 17.8 Å². The van der Waals surface area contributed by atoms with E-state index in [0.717, 1.165) is 12.2 Å². The van der Waals surface area contributed by atoms with Crippen LogP contribution in [-0.2, 0) is 4.79 Å². The van der Waals surface area contributed by atoms with Crippen molar-refractivity contribution in [3.8, 4) is 0 Å². The van der Waals surface area contributed by atoms with E-state index in [2.05, 4.69) is 24.0 Å². The molecular formula is C13H15NOS. The van der Waals surface area contributed by atoms with E-state index in [0.29, 0.717) is 5.92 Å². The van der Waals surface area contributed by atoms with Crippen molar-refractivity contribution in [2.45, 2.75) is 19.4 Å². The maximum absolute atomic E-state index is 10.6. The number of benzene rings is 1. The number of aliphatic imine (C=N–C) groups is 1. The quantitative estimate of drug-likeness (QED) is 0.593. The molecule has 16 heavy (non-hydrogen) atoms. The number of hydrogen-bond donors (Lipinski definition) is 0. The number of nitrogens with zero attached hydrogens (tertiary/aromatic N) is 1. The molecule has 1 heterocycles. The number of isocyanates is 1. The van der Waals surface area contributed by atoms with Crippen LogP contribution < -0.4 is 0 Å². The smallest absolute Gasteiger partial charge is 0.211 e. The molecule has 1 aliphatic heterocycles. The molecule has 2 nitrogen and oxygen atoms in total. The van der Waals surface area contributed by atoms with Crippen LogP contribution >= 0.6 is 11.8 Å². The van der Waals surface area contributed by atoms with Crippen molar-refractivity contribution in [2.75, 3.05) is 11.5 Å². The summed E-state index contributed by atoms with van der Waals surface area (Å²) in [7, 11) is 0. The minimum Gasteiger partial charge on any atom is -0.211 e. The van der Waals surface area contributed by atoms with Gasteiger partial charge in [0.2, 0.25) is 6.08 Å². The van der Waals surface area contributed by atoms with Crippen LogP contribution in [0.15, 0.2) is 29.3 Å². The van der Waals surface area contributed by atoms with E-state index in [1.165, 1.54) is 16.9 Å². The van der Waals surface area contributed by atoms with Gasteiger partial charge in [0.1, 0.15) is 0 Å². The van der Waals surface area contributed by atoms with Crippen molar-refractivity contribution in [3.63, 3.8) is 0 Å². The monoisotopic (exact) mass is 233 g/mol. The maximum Gasteiger partial charge on any atom is 0.235 e. The molecule has 0 radical (unpaired) electrons. The summed E-state index contributed by atoms with van der Waals surface area (Å²) < 4.78 is 0. The predicted octanol–water partition coefficient (Wildman–Crippen LogP) is 3.13. The van der Waals surface area contributed by atoms with Crippen molar-refractivity contribution in [1.82, 2.24) is 0 Å². The average molecular weight is 233 g/mol. The maximum atomic E-state index is 10.6. The lowest BCUT2D eigenvalue weighted by molar-refractivity contribution is 0.475. The Labute approximate surface area is 100 Å². The first kappa shape index (κ1) is 11.4. The largest absolute Gasteiger partial charge is 0.235 e. The first-order valence-corrected chi connectivity index (χ1v) is 6.68. The van der Waals surface area contributed by atoms with E-state index in [9.17, 15) is 4.79 Å². The van der Waals surface area contributed by atoms with Gasteiger partial charge in [0.15, 0.2) is 0 Å². The van der Waals surface area contributed by atoms with Crippen LogP contribution in [0.4, 0.5) is 0 Å². The van der Waals surface area contributed by atoms with Gasteiger partial charge in [-0.1, -0.05) is 24.3 Å². The third-order valence-corrected chi connectivity index (χ3v) is 4.30. The second-order valence-corrected chi connectivity index (χ2v) is 5.30. The van der Waals surface area contributed by atoms with Gasteiger partial charge in [-0.3, -0.25) is 0 Å². The molecular weight excluding hydrogens is 218 g/mol.